The lowest BCUT2D eigenvalue weighted by molar-refractivity contribution is -0.107. The highest BCUT2D eigenvalue weighted by Crippen LogP contribution is 2.30. The zero-order valence-corrected chi connectivity index (χ0v) is 9.60. The van der Waals surface area contributed by atoms with E-state index in [1.807, 2.05) is 0 Å². The first-order valence-corrected chi connectivity index (χ1v) is 5.90. The van der Waals surface area contributed by atoms with E-state index >= 15 is 0 Å². The van der Waals surface area contributed by atoms with Crippen LogP contribution in [0.4, 0.5) is 0 Å². The Kier molecular flexibility index (Phi) is 2.94. The zero-order valence-electron chi connectivity index (χ0n) is 9.60. The van der Waals surface area contributed by atoms with Gasteiger partial charge in [0.05, 0.1) is 0 Å². The first-order valence-electron chi connectivity index (χ1n) is 5.90. The van der Waals surface area contributed by atoms with Crippen LogP contribution >= 0.6 is 0 Å². The minimum absolute atomic E-state index is 0.491. The number of aromatic amines is 1. The van der Waals surface area contributed by atoms with Crippen LogP contribution < -0.4 is 0 Å². The lowest BCUT2D eigenvalue weighted by Gasteiger charge is -2.11. The van der Waals surface area contributed by atoms with E-state index in [4.69, 9.17) is 0 Å². The fourth-order valence-corrected chi connectivity index (χ4v) is 2.59. The summed E-state index contributed by atoms with van der Waals surface area (Å²) in [7, 11) is 0. The molecule has 82 valence electrons. The molecule has 0 saturated carbocycles. The van der Waals surface area contributed by atoms with Crippen LogP contribution in [0.25, 0.3) is 0 Å². The van der Waals surface area contributed by atoms with Crippen LogP contribution in [0.15, 0.2) is 0 Å². The van der Waals surface area contributed by atoms with Crippen LogP contribution in [0.2, 0.25) is 0 Å². The summed E-state index contributed by atoms with van der Waals surface area (Å²) < 4.78 is 0. The third kappa shape index (κ3) is 1.85. The van der Waals surface area contributed by atoms with Gasteiger partial charge in [-0.15, -0.1) is 0 Å². The van der Waals surface area contributed by atoms with Gasteiger partial charge < -0.3 is 9.78 Å². The minimum Gasteiger partial charge on any atom is -0.362 e. The molecular formula is C13H19NO. The third-order valence-corrected chi connectivity index (χ3v) is 3.31. The van der Waals surface area contributed by atoms with Gasteiger partial charge in [-0.1, -0.05) is 13.8 Å². The molecule has 0 bridgehead atoms. The Labute approximate surface area is 91.1 Å². The fourth-order valence-electron chi connectivity index (χ4n) is 2.59. The van der Waals surface area contributed by atoms with Gasteiger partial charge >= 0.3 is 0 Å². The van der Waals surface area contributed by atoms with E-state index in [0.717, 1.165) is 19.1 Å². The maximum Gasteiger partial charge on any atom is 0.124 e. The molecule has 0 saturated heterocycles. The van der Waals surface area contributed by atoms with Crippen molar-refractivity contribution in [2.24, 2.45) is 0 Å². The summed E-state index contributed by atoms with van der Waals surface area (Å²) in [4.78, 5) is 14.2. The van der Waals surface area contributed by atoms with Crippen LogP contribution in [-0.4, -0.2) is 11.3 Å². The van der Waals surface area contributed by atoms with E-state index in [1.165, 1.54) is 35.4 Å². The number of hydrogen-bond donors (Lipinski definition) is 1. The van der Waals surface area contributed by atoms with Gasteiger partial charge in [0, 0.05) is 17.8 Å². The quantitative estimate of drug-likeness (QED) is 0.756. The van der Waals surface area contributed by atoms with Crippen molar-refractivity contribution in [2.75, 3.05) is 0 Å². The molecule has 2 heteroatoms. The van der Waals surface area contributed by atoms with Crippen molar-refractivity contribution in [2.45, 2.75) is 51.9 Å². The molecule has 2 nitrogen and oxygen atoms in total. The van der Waals surface area contributed by atoms with Gasteiger partial charge in [0.25, 0.3) is 0 Å². The number of hydrogen-bond acceptors (Lipinski definition) is 1. The van der Waals surface area contributed by atoms with E-state index in [0.29, 0.717) is 12.3 Å². The highest BCUT2D eigenvalue weighted by Gasteiger charge is 2.20. The van der Waals surface area contributed by atoms with Crippen LogP contribution in [0.3, 0.4) is 0 Å². The number of H-pyrrole nitrogens is 1. The molecule has 0 radical (unpaired) electrons. The second-order valence-corrected chi connectivity index (χ2v) is 4.71. The van der Waals surface area contributed by atoms with E-state index < -0.39 is 0 Å². The third-order valence-electron chi connectivity index (χ3n) is 3.31. The SMILES string of the molecule is CC(C)c1[nH]c2c(c1CC=O)CCCC2. The summed E-state index contributed by atoms with van der Waals surface area (Å²) in [6.07, 6.45) is 6.48. The van der Waals surface area contributed by atoms with Gasteiger partial charge in [-0.2, -0.15) is 0 Å². The molecule has 0 aromatic carbocycles. The van der Waals surface area contributed by atoms with Crippen molar-refractivity contribution in [1.82, 2.24) is 4.98 Å². The molecule has 1 aromatic heterocycles. The van der Waals surface area contributed by atoms with Gasteiger partial charge in [-0.3, -0.25) is 0 Å². The van der Waals surface area contributed by atoms with Crippen LogP contribution in [-0.2, 0) is 24.1 Å². The summed E-state index contributed by atoms with van der Waals surface area (Å²) >= 11 is 0. The second-order valence-electron chi connectivity index (χ2n) is 4.71. The first kappa shape index (κ1) is 10.5. The van der Waals surface area contributed by atoms with Gasteiger partial charge in [0.1, 0.15) is 6.29 Å². The van der Waals surface area contributed by atoms with E-state index in [9.17, 15) is 4.79 Å². The largest absolute Gasteiger partial charge is 0.362 e. The number of carbonyl (C=O) groups is 1. The molecule has 0 fully saturated rings. The molecule has 0 atom stereocenters. The Morgan fingerprint density at radius 3 is 2.73 bits per heavy atom. The predicted molar refractivity (Wildman–Crippen MR) is 61.3 cm³/mol. The number of nitrogens with one attached hydrogen (secondary N) is 1. The molecular weight excluding hydrogens is 186 g/mol. The van der Waals surface area contributed by atoms with Crippen LogP contribution in [0, 0.1) is 0 Å². The van der Waals surface area contributed by atoms with Crippen LogP contribution in [0.1, 0.15) is 55.1 Å². The molecule has 0 aliphatic heterocycles. The number of aldehydes is 1. The topological polar surface area (TPSA) is 32.9 Å². The van der Waals surface area contributed by atoms with E-state index in [-0.39, 0.29) is 0 Å². The Morgan fingerprint density at radius 2 is 2.07 bits per heavy atom. The predicted octanol–water partition coefficient (Wildman–Crippen LogP) is 2.76. The van der Waals surface area contributed by atoms with E-state index in [2.05, 4.69) is 18.8 Å². The Hall–Kier alpha value is -1.05. The summed E-state index contributed by atoms with van der Waals surface area (Å²) in [5.74, 6) is 0.491. The number of carbonyl (C=O) groups excluding carboxylic acids is 1. The summed E-state index contributed by atoms with van der Waals surface area (Å²) in [5, 5.41) is 0. The van der Waals surface area contributed by atoms with Crippen molar-refractivity contribution in [3.8, 4) is 0 Å². The Balaban J connectivity index is 2.45. The van der Waals surface area contributed by atoms with Crippen LogP contribution in [0.5, 0.6) is 0 Å². The maximum absolute atomic E-state index is 10.7. The molecule has 2 rings (SSSR count). The molecule has 1 aromatic rings. The summed E-state index contributed by atoms with van der Waals surface area (Å²) in [6, 6.07) is 0. The average molecular weight is 205 g/mol. The molecule has 1 heterocycles. The molecule has 1 N–H and O–H groups in total. The highest BCUT2D eigenvalue weighted by molar-refractivity contribution is 5.58. The number of rotatable bonds is 3. The minimum atomic E-state index is 0.491. The molecule has 0 amide bonds. The van der Waals surface area contributed by atoms with Crippen molar-refractivity contribution in [1.29, 1.82) is 0 Å². The van der Waals surface area contributed by atoms with Gasteiger partial charge in [-0.25, -0.2) is 0 Å². The van der Waals surface area contributed by atoms with E-state index in [1.54, 1.807) is 0 Å². The van der Waals surface area contributed by atoms with Gasteiger partial charge in [-0.05, 0) is 42.7 Å². The van der Waals surface area contributed by atoms with Gasteiger partial charge in [0.15, 0.2) is 0 Å². The molecule has 0 spiro atoms. The number of aromatic nitrogens is 1. The Morgan fingerprint density at radius 1 is 1.33 bits per heavy atom. The van der Waals surface area contributed by atoms with Crippen molar-refractivity contribution in [3.05, 3.63) is 22.5 Å². The smallest absolute Gasteiger partial charge is 0.124 e. The lowest BCUT2D eigenvalue weighted by atomic mass is 9.92. The zero-order chi connectivity index (χ0) is 10.8. The van der Waals surface area contributed by atoms with Gasteiger partial charge in [0.2, 0.25) is 0 Å². The molecule has 0 unspecified atom stereocenters. The maximum atomic E-state index is 10.7. The molecule has 1 aliphatic carbocycles. The number of aryl methyl sites for hydroxylation is 1. The normalized spacial score (nSPS) is 15.4. The van der Waals surface area contributed by atoms with Crippen molar-refractivity contribution < 1.29 is 4.79 Å². The standard InChI is InChI=1S/C13H19NO/c1-9(2)13-11(7-8-15)10-5-3-4-6-12(10)14-13/h8-9,14H,3-7H2,1-2H3. The average Bonchev–Trinajstić information content (AvgIpc) is 2.58. The monoisotopic (exact) mass is 205 g/mol. The number of fused-ring (bicyclic) bond motifs is 1. The van der Waals surface area contributed by atoms with Crippen molar-refractivity contribution >= 4 is 6.29 Å². The highest BCUT2D eigenvalue weighted by atomic mass is 16.1. The fraction of sp³-hybridized carbons (Fsp3) is 0.615. The second kappa shape index (κ2) is 4.21. The molecule has 1 aliphatic rings. The summed E-state index contributed by atoms with van der Waals surface area (Å²) in [5.41, 5.74) is 5.41. The summed E-state index contributed by atoms with van der Waals surface area (Å²) in [6.45, 7) is 4.37. The lowest BCUT2D eigenvalue weighted by Crippen LogP contribution is -2.03. The van der Waals surface area contributed by atoms with Crippen molar-refractivity contribution in [3.63, 3.8) is 0 Å². The Bertz CT molecular complexity index is 363. The first-order chi connectivity index (χ1) is 7.24. The molecule has 15 heavy (non-hydrogen) atoms.